The number of ether oxygens (including phenoxy) is 2. The molecule has 2 rings (SSSR count). The van der Waals surface area contributed by atoms with Crippen molar-refractivity contribution >= 4 is 23.3 Å². The lowest BCUT2D eigenvalue weighted by Crippen LogP contribution is -2.20. The molecule has 112 valence electrons. The van der Waals surface area contributed by atoms with Crippen molar-refractivity contribution in [1.82, 2.24) is 0 Å². The third-order valence-electron chi connectivity index (χ3n) is 2.73. The Kier molecular flexibility index (Phi) is 4.80. The van der Waals surface area contributed by atoms with Crippen LogP contribution in [0.15, 0.2) is 34.1 Å². The minimum absolute atomic E-state index is 0.447. The van der Waals surface area contributed by atoms with Crippen molar-refractivity contribution in [3.63, 3.8) is 0 Å². The van der Waals surface area contributed by atoms with Crippen LogP contribution in [-0.2, 0) is 19.1 Å². The lowest BCUT2D eigenvalue weighted by atomic mass is 10.1. The fourth-order valence-corrected chi connectivity index (χ4v) is 2.73. The van der Waals surface area contributed by atoms with E-state index in [-0.39, 0.29) is 0 Å². The van der Waals surface area contributed by atoms with E-state index in [1.165, 1.54) is 25.2 Å². The quantitative estimate of drug-likeness (QED) is 0.790. The standard InChI is InChI=1S/C15H16O5S/c1-9-6-7-12(18-9)14(19-10(2)16)15(20-11(3)17)13-5-4-8-21-13/h4-8,14-15H,1-3H3. The van der Waals surface area contributed by atoms with Gasteiger partial charge in [0.05, 0.1) is 0 Å². The Morgan fingerprint density at radius 2 is 1.76 bits per heavy atom. The van der Waals surface area contributed by atoms with Crippen LogP contribution in [0, 0.1) is 6.92 Å². The first-order chi connectivity index (χ1) is 9.97. The highest BCUT2D eigenvalue weighted by molar-refractivity contribution is 7.10. The molecule has 2 atom stereocenters. The monoisotopic (exact) mass is 308 g/mol. The van der Waals surface area contributed by atoms with Gasteiger partial charge in [0.2, 0.25) is 6.10 Å². The molecule has 0 aromatic carbocycles. The number of thiophene rings is 1. The van der Waals surface area contributed by atoms with Crippen LogP contribution < -0.4 is 0 Å². The minimum Gasteiger partial charge on any atom is -0.462 e. The summed E-state index contributed by atoms with van der Waals surface area (Å²) in [6.45, 7) is 4.42. The second-order valence-corrected chi connectivity index (χ2v) is 5.50. The normalized spacial score (nSPS) is 13.5. The summed E-state index contributed by atoms with van der Waals surface area (Å²) in [7, 11) is 0. The van der Waals surface area contributed by atoms with E-state index in [0.717, 1.165) is 4.88 Å². The molecule has 2 heterocycles. The Morgan fingerprint density at radius 1 is 1.10 bits per heavy atom. The number of hydrogen-bond acceptors (Lipinski definition) is 6. The molecule has 0 spiro atoms. The molecule has 6 heteroatoms. The zero-order valence-corrected chi connectivity index (χ0v) is 12.8. The molecular formula is C15H16O5S. The average Bonchev–Trinajstić information content (AvgIpc) is 3.04. The van der Waals surface area contributed by atoms with Gasteiger partial charge in [0, 0.05) is 18.7 Å². The zero-order valence-electron chi connectivity index (χ0n) is 12.0. The largest absolute Gasteiger partial charge is 0.462 e. The van der Waals surface area contributed by atoms with Crippen LogP contribution in [0.2, 0.25) is 0 Å². The van der Waals surface area contributed by atoms with Crippen molar-refractivity contribution in [2.75, 3.05) is 0 Å². The maximum absolute atomic E-state index is 11.4. The van der Waals surface area contributed by atoms with Crippen LogP contribution in [0.1, 0.15) is 42.5 Å². The summed E-state index contributed by atoms with van der Waals surface area (Å²) < 4.78 is 16.2. The maximum atomic E-state index is 11.4. The van der Waals surface area contributed by atoms with Gasteiger partial charge in [-0.15, -0.1) is 11.3 Å². The lowest BCUT2D eigenvalue weighted by Gasteiger charge is -2.24. The third-order valence-corrected chi connectivity index (χ3v) is 3.66. The Morgan fingerprint density at radius 3 is 2.24 bits per heavy atom. The van der Waals surface area contributed by atoms with E-state index in [9.17, 15) is 9.59 Å². The highest BCUT2D eigenvalue weighted by atomic mass is 32.1. The van der Waals surface area contributed by atoms with Gasteiger partial charge in [0.1, 0.15) is 11.5 Å². The third kappa shape index (κ3) is 3.95. The first-order valence-electron chi connectivity index (χ1n) is 6.41. The van der Waals surface area contributed by atoms with Gasteiger partial charge in [-0.25, -0.2) is 0 Å². The first kappa shape index (κ1) is 15.3. The second-order valence-electron chi connectivity index (χ2n) is 4.52. The SMILES string of the molecule is CC(=O)OC(c1ccc(C)o1)C(OC(C)=O)c1cccs1. The van der Waals surface area contributed by atoms with Crippen molar-refractivity contribution in [3.8, 4) is 0 Å². The molecule has 5 nitrogen and oxygen atoms in total. The Bertz CT molecular complexity index is 614. The molecule has 0 saturated carbocycles. The molecule has 2 unspecified atom stereocenters. The first-order valence-corrected chi connectivity index (χ1v) is 7.29. The summed E-state index contributed by atoms with van der Waals surface area (Å²) in [4.78, 5) is 23.6. The van der Waals surface area contributed by atoms with Crippen LogP contribution in [0.25, 0.3) is 0 Å². The Labute approximate surface area is 126 Å². The van der Waals surface area contributed by atoms with Crippen molar-refractivity contribution in [1.29, 1.82) is 0 Å². The average molecular weight is 308 g/mol. The van der Waals surface area contributed by atoms with E-state index >= 15 is 0 Å². The van der Waals surface area contributed by atoms with E-state index in [1.807, 2.05) is 17.5 Å². The molecule has 0 bridgehead atoms. The molecule has 0 amide bonds. The minimum atomic E-state index is -0.807. The van der Waals surface area contributed by atoms with E-state index in [1.54, 1.807) is 19.1 Å². The molecule has 0 aliphatic carbocycles. The predicted molar refractivity (Wildman–Crippen MR) is 76.8 cm³/mol. The van der Waals surface area contributed by atoms with E-state index in [0.29, 0.717) is 11.5 Å². The fraction of sp³-hybridized carbons (Fsp3) is 0.333. The highest BCUT2D eigenvalue weighted by Gasteiger charge is 2.33. The van der Waals surface area contributed by atoms with Crippen LogP contribution in [0.5, 0.6) is 0 Å². The molecule has 0 radical (unpaired) electrons. The molecular weight excluding hydrogens is 292 g/mol. The zero-order chi connectivity index (χ0) is 15.4. The topological polar surface area (TPSA) is 65.7 Å². The van der Waals surface area contributed by atoms with Gasteiger partial charge in [-0.3, -0.25) is 9.59 Å². The fourth-order valence-electron chi connectivity index (χ4n) is 1.96. The van der Waals surface area contributed by atoms with Gasteiger partial charge >= 0.3 is 11.9 Å². The summed E-state index contributed by atoms with van der Waals surface area (Å²) in [5, 5.41) is 1.87. The summed E-state index contributed by atoms with van der Waals surface area (Å²) >= 11 is 1.42. The molecule has 21 heavy (non-hydrogen) atoms. The second kappa shape index (κ2) is 6.58. The Hall–Kier alpha value is -2.08. The summed E-state index contributed by atoms with van der Waals surface area (Å²) in [5.41, 5.74) is 0. The summed E-state index contributed by atoms with van der Waals surface area (Å²) in [5.74, 6) is 0.217. The molecule has 0 aliphatic heterocycles. The van der Waals surface area contributed by atoms with Gasteiger partial charge in [-0.2, -0.15) is 0 Å². The van der Waals surface area contributed by atoms with Gasteiger partial charge in [0.15, 0.2) is 6.10 Å². The molecule has 0 aliphatic rings. The number of hydrogen-bond donors (Lipinski definition) is 0. The number of rotatable bonds is 5. The van der Waals surface area contributed by atoms with Gasteiger partial charge in [-0.05, 0) is 30.5 Å². The smallest absolute Gasteiger partial charge is 0.303 e. The predicted octanol–water partition coefficient (Wildman–Crippen LogP) is 3.56. The summed E-state index contributed by atoms with van der Waals surface area (Å²) in [6, 6.07) is 7.15. The number of furan rings is 1. The van der Waals surface area contributed by atoms with Gasteiger partial charge in [-0.1, -0.05) is 6.07 Å². The van der Waals surface area contributed by atoms with Crippen molar-refractivity contribution in [2.24, 2.45) is 0 Å². The maximum Gasteiger partial charge on any atom is 0.303 e. The van der Waals surface area contributed by atoms with Crippen LogP contribution in [0.4, 0.5) is 0 Å². The molecule has 0 saturated heterocycles. The van der Waals surface area contributed by atoms with Gasteiger partial charge in [0.25, 0.3) is 0 Å². The number of aryl methyl sites for hydroxylation is 1. The number of esters is 2. The molecule has 0 fully saturated rings. The van der Waals surface area contributed by atoms with Crippen LogP contribution in [-0.4, -0.2) is 11.9 Å². The van der Waals surface area contributed by atoms with Crippen molar-refractivity contribution < 1.29 is 23.5 Å². The van der Waals surface area contributed by atoms with E-state index < -0.39 is 24.1 Å². The van der Waals surface area contributed by atoms with Crippen LogP contribution >= 0.6 is 11.3 Å². The highest BCUT2D eigenvalue weighted by Crippen LogP contribution is 2.38. The Balaban J connectivity index is 2.39. The summed E-state index contributed by atoms with van der Waals surface area (Å²) in [6.07, 6.45) is -1.53. The van der Waals surface area contributed by atoms with Crippen molar-refractivity contribution in [2.45, 2.75) is 33.0 Å². The molecule has 0 N–H and O–H groups in total. The van der Waals surface area contributed by atoms with E-state index in [2.05, 4.69) is 0 Å². The molecule has 2 aromatic heterocycles. The van der Waals surface area contributed by atoms with Crippen molar-refractivity contribution in [3.05, 3.63) is 46.0 Å². The van der Waals surface area contributed by atoms with Gasteiger partial charge < -0.3 is 13.9 Å². The van der Waals surface area contributed by atoms with E-state index in [4.69, 9.17) is 13.9 Å². The number of carbonyl (C=O) groups excluding carboxylic acids is 2. The molecule has 2 aromatic rings. The van der Waals surface area contributed by atoms with Crippen LogP contribution in [0.3, 0.4) is 0 Å². The number of carbonyl (C=O) groups is 2. The lowest BCUT2D eigenvalue weighted by molar-refractivity contribution is -0.168.